The lowest BCUT2D eigenvalue weighted by molar-refractivity contribution is 0.0929. The average molecular weight is 276 g/mol. The van der Waals surface area contributed by atoms with Crippen molar-refractivity contribution in [3.05, 3.63) is 35.9 Å². The fourth-order valence-electron chi connectivity index (χ4n) is 2.49. The Morgan fingerprint density at radius 3 is 2.80 bits per heavy atom. The van der Waals surface area contributed by atoms with Crippen LogP contribution >= 0.6 is 0 Å². The molecule has 1 unspecified atom stereocenters. The largest absolute Gasteiger partial charge is 0.445 e. The molecule has 110 valence electrons. The maximum atomic E-state index is 12.1. The number of nitrogens with one attached hydrogen (secondary N) is 1. The normalized spacial score (nSPS) is 18.6. The molecule has 1 aliphatic heterocycles. The van der Waals surface area contributed by atoms with Gasteiger partial charge in [-0.15, -0.1) is 0 Å². The molecule has 0 spiro atoms. The highest BCUT2D eigenvalue weighted by atomic mass is 16.6. The van der Waals surface area contributed by atoms with Crippen molar-refractivity contribution in [2.45, 2.75) is 38.8 Å². The van der Waals surface area contributed by atoms with Crippen molar-refractivity contribution >= 4 is 6.09 Å². The molecular weight excluding hydrogens is 252 g/mol. The smallest absolute Gasteiger partial charge is 0.410 e. The summed E-state index contributed by atoms with van der Waals surface area (Å²) in [5, 5.41) is 3.46. The van der Waals surface area contributed by atoms with Crippen molar-refractivity contribution in [2.24, 2.45) is 0 Å². The zero-order valence-electron chi connectivity index (χ0n) is 12.2. The number of likely N-dealkylation sites (N-methyl/N-ethyl adjacent to an activating group) is 1. The van der Waals surface area contributed by atoms with E-state index in [4.69, 9.17) is 4.74 Å². The number of hydrogen-bond donors (Lipinski definition) is 1. The highest BCUT2D eigenvalue weighted by molar-refractivity contribution is 5.67. The van der Waals surface area contributed by atoms with Crippen molar-refractivity contribution in [1.82, 2.24) is 10.2 Å². The first kappa shape index (κ1) is 14.9. The number of piperidine rings is 1. The fraction of sp³-hybridized carbons (Fsp3) is 0.562. The predicted octanol–water partition coefficient (Wildman–Crippen LogP) is 2.79. The minimum Gasteiger partial charge on any atom is -0.445 e. The Kier molecular flexibility index (Phi) is 5.87. The molecule has 1 aromatic carbocycles. The van der Waals surface area contributed by atoms with Gasteiger partial charge in [0.15, 0.2) is 0 Å². The first-order chi connectivity index (χ1) is 9.79. The minimum absolute atomic E-state index is 0.219. The molecule has 20 heavy (non-hydrogen) atoms. The molecule has 1 N–H and O–H groups in total. The fourth-order valence-corrected chi connectivity index (χ4v) is 2.49. The number of amides is 1. The van der Waals surface area contributed by atoms with E-state index in [0.717, 1.165) is 25.1 Å². The van der Waals surface area contributed by atoms with Crippen molar-refractivity contribution < 1.29 is 9.53 Å². The van der Waals surface area contributed by atoms with Crippen LogP contribution in [-0.4, -0.2) is 36.7 Å². The number of rotatable bonds is 5. The van der Waals surface area contributed by atoms with Crippen LogP contribution in [0.25, 0.3) is 0 Å². The zero-order valence-corrected chi connectivity index (χ0v) is 12.2. The third-order valence-electron chi connectivity index (χ3n) is 3.70. The van der Waals surface area contributed by atoms with Gasteiger partial charge < -0.3 is 15.0 Å². The van der Waals surface area contributed by atoms with E-state index in [0.29, 0.717) is 19.2 Å². The molecule has 0 saturated carbocycles. The number of carbonyl (C=O) groups is 1. The van der Waals surface area contributed by atoms with Crippen molar-refractivity contribution in [2.75, 3.05) is 19.6 Å². The lowest BCUT2D eigenvalue weighted by Crippen LogP contribution is -2.45. The topological polar surface area (TPSA) is 41.6 Å². The summed E-state index contributed by atoms with van der Waals surface area (Å²) >= 11 is 0. The lowest BCUT2D eigenvalue weighted by Gasteiger charge is -2.29. The van der Waals surface area contributed by atoms with E-state index in [1.807, 2.05) is 37.3 Å². The molecule has 1 atom stereocenters. The SMILES string of the molecule is CCN(CC1CCCCN1)C(=O)OCc1ccccc1. The summed E-state index contributed by atoms with van der Waals surface area (Å²) in [5.41, 5.74) is 1.02. The van der Waals surface area contributed by atoms with Gasteiger partial charge in [-0.25, -0.2) is 4.79 Å². The van der Waals surface area contributed by atoms with Crippen LogP contribution in [-0.2, 0) is 11.3 Å². The van der Waals surface area contributed by atoms with Crippen molar-refractivity contribution in [3.8, 4) is 0 Å². The molecule has 1 amide bonds. The van der Waals surface area contributed by atoms with Crippen LogP contribution in [0.2, 0.25) is 0 Å². The van der Waals surface area contributed by atoms with Gasteiger partial charge in [0.2, 0.25) is 0 Å². The molecule has 1 aromatic rings. The van der Waals surface area contributed by atoms with Gasteiger partial charge >= 0.3 is 6.09 Å². The Hall–Kier alpha value is -1.55. The maximum absolute atomic E-state index is 12.1. The minimum atomic E-state index is -0.219. The number of carbonyl (C=O) groups excluding carboxylic acids is 1. The Bertz CT molecular complexity index is 402. The molecule has 0 bridgehead atoms. The standard InChI is InChI=1S/C16H24N2O2/c1-2-18(12-15-10-6-7-11-17-15)16(19)20-13-14-8-4-3-5-9-14/h3-5,8-9,15,17H,2,6-7,10-13H2,1H3. The van der Waals surface area contributed by atoms with Gasteiger partial charge in [-0.2, -0.15) is 0 Å². The molecule has 0 aromatic heterocycles. The number of benzene rings is 1. The van der Waals surface area contributed by atoms with Gasteiger partial charge in [0, 0.05) is 19.1 Å². The molecule has 1 fully saturated rings. The molecule has 1 heterocycles. The van der Waals surface area contributed by atoms with Gasteiger partial charge in [-0.3, -0.25) is 0 Å². The van der Waals surface area contributed by atoms with Crippen LogP contribution in [0.3, 0.4) is 0 Å². The summed E-state index contributed by atoms with van der Waals surface area (Å²) in [7, 11) is 0. The second-order valence-corrected chi connectivity index (χ2v) is 5.23. The van der Waals surface area contributed by atoms with Crippen LogP contribution < -0.4 is 5.32 Å². The van der Waals surface area contributed by atoms with E-state index in [-0.39, 0.29) is 6.09 Å². The Balaban J connectivity index is 1.79. The van der Waals surface area contributed by atoms with Gasteiger partial charge in [0.05, 0.1) is 0 Å². The van der Waals surface area contributed by atoms with Crippen LogP contribution in [0.5, 0.6) is 0 Å². The van der Waals surface area contributed by atoms with E-state index in [2.05, 4.69) is 5.32 Å². The molecule has 4 heteroatoms. The monoisotopic (exact) mass is 276 g/mol. The van der Waals surface area contributed by atoms with E-state index in [9.17, 15) is 4.79 Å². The molecule has 0 aliphatic carbocycles. The summed E-state index contributed by atoms with van der Waals surface area (Å²) < 4.78 is 5.38. The number of ether oxygens (including phenoxy) is 1. The summed E-state index contributed by atoms with van der Waals surface area (Å²) in [4.78, 5) is 13.9. The molecule has 2 rings (SSSR count). The summed E-state index contributed by atoms with van der Waals surface area (Å²) in [6, 6.07) is 10.2. The summed E-state index contributed by atoms with van der Waals surface area (Å²) in [6.45, 7) is 4.82. The first-order valence-electron chi connectivity index (χ1n) is 7.48. The van der Waals surface area contributed by atoms with Gasteiger partial charge in [0.25, 0.3) is 0 Å². The van der Waals surface area contributed by atoms with Crippen LogP contribution in [0.15, 0.2) is 30.3 Å². The lowest BCUT2D eigenvalue weighted by atomic mass is 10.0. The van der Waals surface area contributed by atoms with E-state index in [1.165, 1.54) is 12.8 Å². The van der Waals surface area contributed by atoms with Gasteiger partial charge in [-0.1, -0.05) is 36.8 Å². The van der Waals surface area contributed by atoms with E-state index in [1.54, 1.807) is 4.90 Å². The highest BCUT2D eigenvalue weighted by Gasteiger charge is 2.20. The van der Waals surface area contributed by atoms with E-state index < -0.39 is 0 Å². The second-order valence-electron chi connectivity index (χ2n) is 5.23. The van der Waals surface area contributed by atoms with E-state index >= 15 is 0 Å². The summed E-state index contributed by atoms with van der Waals surface area (Å²) in [5.74, 6) is 0. The third kappa shape index (κ3) is 4.53. The molecule has 0 radical (unpaired) electrons. The predicted molar refractivity (Wildman–Crippen MR) is 79.5 cm³/mol. The Labute approximate surface area is 121 Å². The molecule has 4 nitrogen and oxygen atoms in total. The highest BCUT2D eigenvalue weighted by Crippen LogP contribution is 2.10. The quantitative estimate of drug-likeness (QED) is 0.899. The number of nitrogens with zero attached hydrogens (tertiary/aromatic N) is 1. The van der Waals surface area contributed by atoms with Crippen molar-refractivity contribution in [1.29, 1.82) is 0 Å². The Morgan fingerprint density at radius 2 is 2.15 bits per heavy atom. The second kappa shape index (κ2) is 7.90. The number of hydrogen-bond acceptors (Lipinski definition) is 3. The Morgan fingerprint density at radius 1 is 1.35 bits per heavy atom. The van der Waals surface area contributed by atoms with Crippen LogP contribution in [0.4, 0.5) is 4.79 Å². The van der Waals surface area contributed by atoms with Crippen LogP contribution in [0.1, 0.15) is 31.7 Å². The third-order valence-corrected chi connectivity index (χ3v) is 3.70. The average Bonchev–Trinajstić information content (AvgIpc) is 2.52. The van der Waals surface area contributed by atoms with Gasteiger partial charge in [-0.05, 0) is 31.9 Å². The van der Waals surface area contributed by atoms with Crippen molar-refractivity contribution in [3.63, 3.8) is 0 Å². The first-order valence-corrected chi connectivity index (χ1v) is 7.48. The van der Waals surface area contributed by atoms with Gasteiger partial charge in [0.1, 0.15) is 6.61 Å². The molecular formula is C16H24N2O2. The molecule has 1 saturated heterocycles. The molecule has 1 aliphatic rings. The van der Waals surface area contributed by atoms with Crippen LogP contribution in [0, 0.1) is 0 Å². The summed E-state index contributed by atoms with van der Waals surface area (Å²) in [6.07, 6.45) is 3.40. The zero-order chi connectivity index (χ0) is 14.2. The maximum Gasteiger partial charge on any atom is 0.410 e.